The van der Waals surface area contributed by atoms with Crippen LogP contribution in [0.15, 0.2) is 6.07 Å². The second-order valence-electron chi connectivity index (χ2n) is 5.52. The summed E-state index contributed by atoms with van der Waals surface area (Å²) in [5.74, 6) is 0.450. The number of rotatable bonds is 2. The average Bonchev–Trinajstić information content (AvgIpc) is 2.45. The van der Waals surface area contributed by atoms with E-state index in [2.05, 4.69) is 45.8 Å². The van der Waals surface area contributed by atoms with Gasteiger partial charge in [0.15, 0.2) is 0 Å². The molecule has 86 valence electrons. The van der Waals surface area contributed by atoms with Crippen molar-refractivity contribution in [2.75, 3.05) is 0 Å². The van der Waals surface area contributed by atoms with Crippen LogP contribution in [0.5, 0.6) is 0 Å². The van der Waals surface area contributed by atoms with Crippen LogP contribution in [0, 0.1) is 0 Å². The first-order chi connectivity index (χ1) is 6.73. The minimum atomic E-state index is -0.00387. The highest BCUT2D eigenvalue weighted by atomic mass is 15.3. The Bertz CT molecular complexity index is 329. The molecule has 2 N–H and O–H groups in total. The number of nitrogens with zero attached hydrogens (tertiary/aromatic N) is 2. The molecule has 0 aliphatic heterocycles. The summed E-state index contributed by atoms with van der Waals surface area (Å²) in [5, 5.41) is 4.64. The van der Waals surface area contributed by atoms with Gasteiger partial charge in [-0.1, -0.05) is 13.8 Å². The lowest BCUT2D eigenvalue weighted by Gasteiger charge is -2.23. The molecule has 1 aromatic heterocycles. The third kappa shape index (κ3) is 2.59. The zero-order valence-corrected chi connectivity index (χ0v) is 10.7. The predicted octanol–water partition coefficient (Wildman–Crippen LogP) is 2.78. The quantitative estimate of drug-likeness (QED) is 0.814. The van der Waals surface area contributed by atoms with Crippen LogP contribution in [0.3, 0.4) is 0 Å². The number of aromatic nitrogens is 2. The maximum Gasteiger partial charge on any atom is 0.0653 e. The fraction of sp³-hybridized carbons (Fsp3) is 0.750. The molecule has 0 aliphatic carbocycles. The lowest BCUT2D eigenvalue weighted by atomic mass is 10.1. The van der Waals surface area contributed by atoms with E-state index in [1.165, 1.54) is 0 Å². The molecule has 3 nitrogen and oxygen atoms in total. The van der Waals surface area contributed by atoms with Gasteiger partial charge in [-0.3, -0.25) is 4.68 Å². The summed E-state index contributed by atoms with van der Waals surface area (Å²) >= 11 is 0. The van der Waals surface area contributed by atoms with E-state index in [9.17, 15) is 0 Å². The maximum atomic E-state index is 5.96. The molecule has 0 unspecified atom stereocenters. The van der Waals surface area contributed by atoms with Gasteiger partial charge in [-0.15, -0.1) is 0 Å². The fourth-order valence-corrected chi connectivity index (χ4v) is 1.56. The highest BCUT2D eigenvalue weighted by molar-refractivity contribution is 5.17. The molecule has 0 saturated carbocycles. The molecule has 1 rings (SSSR count). The molecule has 0 aromatic carbocycles. The predicted molar refractivity (Wildman–Crippen MR) is 63.9 cm³/mol. The van der Waals surface area contributed by atoms with Gasteiger partial charge in [0.05, 0.1) is 16.9 Å². The molecule has 0 saturated heterocycles. The van der Waals surface area contributed by atoms with Crippen molar-refractivity contribution in [3.05, 3.63) is 17.5 Å². The Morgan fingerprint density at radius 3 is 2.07 bits per heavy atom. The van der Waals surface area contributed by atoms with Crippen molar-refractivity contribution >= 4 is 0 Å². The van der Waals surface area contributed by atoms with Gasteiger partial charge >= 0.3 is 0 Å². The maximum absolute atomic E-state index is 5.96. The van der Waals surface area contributed by atoms with E-state index >= 15 is 0 Å². The topological polar surface area (TPSA) is 43.8 Å². The van der Waals surface area contributed by atoms with Gasteiger partial charge in [0.25, 0.3) is 0 Å². The van der Waals surface area contributed by atoms with E-state index in [0.717, 1.165) is 11.4 Å². The van der Waals surface area contributed by atoms with E-state index in [4.69, 9.17) is 5.73 Å². The summed E-state index contributed by atoms with van der Waals surface area (Å²) in [6.07, 6.45) is 0. The van der Waals surface area contributed by atoms with Crippen LogP contribution in [0.25, 0.3) is 0 Å². The standard InChI is InChI=1S/C12H23N3/c1-8(2)10-7-11(9(3)13)15(14-10)12(4,5)6/h7-9H,13H2,1-6H3/t9-/m1/s1. The smallest absolute Gasteiger partial charge is 0.0653 e. The molecule has 0 radical (unpaired) electrons. The molecule has 1 atom stereocenters. The monoisotopic (exact) mass is 209 g/mol. The van der Waals surface area contributed by atoms with E-state index in [0.29, 0.717) is 5.92 Å². The van der Waals surface area contributed by atoms with Crippen LogP contribution < -0.4 is 5.73 Å². The van der Waals surface area contributed by atoms with Crippen molar-refractivity contribution in [3.8, 4) is 0 Å². The van der Waals surface area contributed by atoms with Crippen molar-refractivity contribution in [1.82, 2.24) is 9.78 Å². The van der Waals surface area contributed by atoms with Crippen LogP contribution in [0.4, 0.5) is 0 Å². The van der Waals surface area contributed by atoms with Crippen molar-refractivity contribution in [2.24, 2.45) is 5.73 Å². The summed E-state index contributed by atoms with van der Waals surface area (Å²) in [4.78, 5) is 0. The van der Waals surface area contributed by atoms with Crippen LogP contribution >= 0.6 is 0 Å². The lowest BCUT2D eigenvalue weighted by molar-refractivity contribution is 0.335. The Kier molecular flexibility index (Phi) is 3.24. The minimum absolute atomic E-state index is 0.00387. The van der Waals surface area contributed by atoms with Crippen molar-refractivity contribution < 1.29 is 0 Å². The van der Waals surface area contributed by atoms with E-state index in [1.54, 1.807) is 0 Å². The highest BCUT2D eigenvalue weighted by Crippen LogP contribution is 2.24. The first kappa shape index (κ1) is 12.2. The Morgan fingerprint density at radius 2 is 1.80 bits per heavy atom. The largest absolute Gasteiger partial charge is 0.323 e. The van der Waals surface area contributed by atoms with Crippen LogP contribution in [0.1, 0.15) is 64.9 Å². The lowest BCUT2D eigenvalue weighted by Crippen LogP contribution is -2.27. The van der Waals surface area contributed by atoms with Gasteiger partial charge in [-0.25, -0.2) is 0 Å². The third-order valence-corrected chi connectivity index (χ3v) is 2.45. The van der Waals surface area contributed by atoms with E-state index in [1.807, 2.05) is 11.6 Å². The normalized spacial score (nSPS) is 14.7. The van der Waals surface area contributed by atoms with Crippen LogP contribution in [-0.4, -0.2) is 9.78 Å². The van der Waals surface area contributed by atoms with Gasteiger partial charge in [-0.05, 0) is 39.7 Å². The van der Waals surface area contributed by atoms with Gasteiger partial charge in [0.2, 0.25) is 0 Å². The van der Waals surface area contributed by atoms with Crippen molar-refractivity contribution in [3.63, 3.8) is 0 Å². The second-order valence-corrected chi connectivity index (χ2v) is 5.52. The number of hydrogen-bond donors (Lipinski definition) is 1. The average molecular weight is 209 g/mol. The van der Waals surface area contributed by atoms with Crippen molar-refractivity contribution in [1.29, 1.82) is 0 Å². The Labute approximate surface area is 92.7 Å². The number of hydrogen-bond acceptors (Lipinski definition) is 2. The van der Waals surface area contributed by atoms with Gasteiger partial charge in [0.1, 0.15) is 0 Å². The summed E-state index contributed by atoms with van der Waals surface area (Å²) in [7, 11) is 0. The first-order valence-electron chi connectivity index (χ1n) is 5.59. The molecule has 0 spiro atoms. The molecule has 1 aromatic rings. The Balaban J connectivity index is 3.24. The van der Waals surface area contributed by atoms with Crippen LogP contribution in [-0.2, 0) is 5.54 Å². The van der Waals surface area contributed by atoms with E-state index in [-0.39, 0.29) is 11.6 Å². The van der Waals surface area contributed by atoms with Gasteiger partial charge < -0.3 is 5.73 Å². The first-order valence-corrected chi connectivity index (χ1v) is 5.59. The molecule has 3 heteroatoms. The summed E-state index contributed by atoms with van der Waals surface area (Å²) < 4.78 is 2.05. The highest BCUT2D eigenvalue weighted by Gasteiger charge is 2.21. The van der Waals surface area contributed by atoms with Gasteiger partial charge in [-0.2, -0.15) is 5.10 Å². The Morgan fingerprint density at radius 1 is 1.27 bits per heavy atom. The molecular weight excluding hydrogens is 186 g/mol. The SMILES string of the molecule is CC(C)c1cc([C@@H](C)N)n(C(C)(C)C)n1. The molecule has 0 bridgehead atoms. The Hall–Kier alpha value is -0.830. The van der Waals surface area contributed by atoms with Gasteiger partial charge in [0, 0.05) is 6.04 Å². The zero-order chi connectivity index (χ0) is 11.8. The summed E-state index contributed by atoms with van der Waals surface area (Å²) in [6.45, 7) is 12.8. The fourth-order valence-electron chi connectivity index (χ4n) is 1.56. The summed E-state index contributed by atoms with van der Waals surface area (Å²) in [5.41, 5.74) is 8.20. The molecule has 1 heterocycles. The molecular formula is C12H23N3. The van der Waals surface area contributed by atoms with E-state index < -0.39 is 0 Å². The molecule has 15 heavy (non-hydrogen) atoms. The van der Waals surface area contributed by atoms with Crippen molar-refractivity contribution in [2.45, 2.75) is 59.0 Å². The summed E-state index contributed by atoms with van der Waals surface area (Å²) in [6, 6.07) is 2.16. The molecule has 0 amide bonds. The molecule has 0 fully saturated rings. The minimum Gasteiger partial charge on any atom is -0.323 e. The zero-order valence-electron chi connectivity index (χ0n) is 10.7. The molecule has 0 aliphatic rings. The van der Waals surface area contributed by atoms with Crippen LogP contribution in [0.2, 0.25) is 0 Å². The second kappa shape index (κ2) is 3.97. The number of nitrogens with two attached hydrogens (primary N) is 1. The third-order valence-electron chi connectivity index (χ3n) is 2.45.